The Morgan fingerprint density at radius 1 is 1.69 bits per heavy atom. The first-order valence-electron chi connectivity index (χ1n) is 5.22. The number of carbonyl (C=O) groups excluding carboxylic acids is 1. The third kappa shape index (κ3) is 2.96. The predicted octanol–water partition coefficient (Wildman–Crippen LogP) is 0.967. The molecule has 1 fully saturated rings. The lowest BCUT2D eigenvalue weighted by molar-refractivity contribution is 0.0910. The number of aromatic nitrogens is 1. The van der Waals surface area contributed by atoms with Crippen LogP contribution >= 0.6 is 12.4 Å². The summed E-state index contributed by atoms with van der Waals surface area (Å²) in [6, 6.07) is 2.06. The van der Waals surface area contributed by atoms with Crippen LogP contribution in [0.5, 0.6) is 0 Å². The molecule has 5 nitrogen and oxygen atoms in total. The van der Waals surface area contributed by atoms with E-state index in [-0.39, 0.29) is 24.4 Å². The molecule has 16 heavy (non-hydrogen) atoms. The lowest BCUT2D eigenvalue weighted by atomic mass is 10.00. The molecule has 0 bridgehead atoms. The smallest absolute Gasteiger partial charge is 0.273 e. The standard InChI is InChI=1S/C10H15N3O2.ClH/c1-7-8(3-2-5-11-7)12-10(14)9-4-6-15-13-9;/h4,6-8,11H,2-3,5H2,1H3,(H,12,14);1H. The van der Waals surface area contributed by atoms with Crippen molar-refractivity contribution in [2.45, 2.75) is 31.8 Å². The van der Waals surface area contributed by atoms with Crippen LogP contribution in [-0.2, 0) is 0 Å². The third-order valence-electron chi connectivity index (χ3n) is 2.75. The molecule has 6 heteroatoms. The van der Waals surface area contributed by atoms with Gasteiger partial charge >= 0.3 is 0 Å². The molecule has 90 valence electrons. The summed E-state index contributed by atoms with van der Waals surface area (Å²) in [6.45, 7) is 3.10. The summed E-state index contributed by atoms with van der Waals surface area (Å²) >= 11 is 0. The van der Waals surface area contributed by atoms with E-state index in [0.29, 0.717) is 11.7 Å². The van der Waals surface area contributed by atoms with Crippen molar-refractivity contribution in [3.63, 3.8) is 0 Å². The van der Waals surface area contributed by atoms with E-state index in [0.717, 1.165) is 19.4 Å². The molecule has 1 aliphatic rings. The van der Waals surface area contributed by atoms with Crippen molar-refractivity contribution < 1.29 is 9.32 Å². The minimum atomic E-state index is -0.163. The number of nitrogens with zero attached hydrogens (tertiary/aromatic N) is 1. The summed E-state index contributed by atoms with van der Waals surface area (Å²) in [7, 11) is 0. The van der Waals surface area contributed by atoms with Gasteiger partial charge in [0.25, 0.3) is 5.91 Å². The van der Waals surface area contributed by atoms with Crippen molar-refractivity contribution in [3.8, 4) is 0 Å². The molecule has 0 spiro atoms. The van der Waals surface area contributed by atoms with Crippen LogP contribution in [0.15, 0.2) is 16.9 Å². The first-order valence-corrected chi connectivity index (χ1v) is 5.22. The van der Waals surface area contributed by atoms with Crippen LogP contribution < -0.4 is 10.6 Å². The normalized spacial score (nSPS) is 24.6. The summed E-state index contributed by atoms with van der Waals surface area (Å²) in [5, 5.41) is 9.87. The number of hydrogen-bond acceptors (Lipinski definition) is 4. The largest absolute Gasteiger partial charge is 0.364 e. The molecule has 2 atom stereocenters. The Kier molecular flexibility index (Phi) is 4.76. The van der Waals surface area contributed by atoms with Crippen molar-refractivity contribution in [3.05, 3.63) is 18.0 Å². The molecule has 0 aromatic carbocycles. The van der Waals surface area contributed by atoms with Crippen molar-refractivity contribution >= 4 is 18.3 Å². The minimum Gasteiger partial charge on any atom is -0.364 e. The second-order valence-electron chi connectivity index (χ2n) is 3.85. The molecular weight excluding hydrogens is 230 g/mol. The number of halogens is 1. The molecule has 2 rings (SSSR count). The molecule has 2 N–H and O–H groups in total. The van der Waals surface area contributed by atoms with Gasteiger partial charge in [0.15, 0.2) is 5.69 Å². The molecule has 1 aromatic heterocycles. The van der Waals surface area contributed by atoms with Crippen LogP contribution in [0.4, 0.5) is 0 Å². The van der Waals surface area contributed by atoms with E-state index >= 15 is 0 Å². The summed E-state index contributed by atoms with van der Waals surface area (Å²) < 4.78 is 4.63. The van der Waals surface area contributed by atoms with Gasteiger partial charge < -0.3 is 15.2 Å². The summed E-state index contributed by atoms with van der Waals surface area (Å²) in [6.07, 6.45) is 3.50. The van der Waals surface area contributed by atoms with Gasteiger partial charge in [-0.2, -0.15) is 0 Å². The maximum absolute atomic E-state index is 11.7. The molecule has 1 saturated heterocycles. The van der Waals surface area contributed by atoms with E-state index in [9.17, 15) is 4.79 Å². The highest BCUT2D eigenvalue weighted by molar-refractivity contribution is 5.92. The average molecular weight is 246 g/mol. The number of nitrogens with one attached hydrogen (secondary N) is 2. The van der Waals surface area contributed by atoms with Crippen molar-refractivity contribution in [2.75, 3.05) is 6.54 Å². The fourth-order valence-corrected chi connectivity index (χ4v) is 1.81. The summed E-state index contributed by atoms with van der Waals surface area (Å²) in [5.74, 6) is -0.163. The fraction of sp³-hybridized carbons (Fsp3) is 0.600. The number of amides is 1. The summed E-state index contributed by atoms with van der Waals surface area (Å²) in [5.41, 5.74) is 0.341. The first-order chi connectivity index (χ1) is 7.27. The van der Waals surface area contributed by atoms with E-state index in [1.165, 1.54) is 6.26 Å². The SMILES string of the molecule is CC1NCCCC1NC(=O)c1ccon1.Cl. The van der Waals surface area contributed by atoms with Crippen LogP contribution in [0.3, 0.4) is 0 Å². The molecular formula is C10H16ClN3O2. The number of hydrogen-bond donors (Lipinski definition) is 2. The fourth-order valence-electron chi connectivity index (χ4n) is 1.81. The Hall–Kier alpha value is -1.07. The summed E-state index contributed by atoms with van der Waals surface area (Å²) in [4.78, 5) is 11.7. The van der Waals surface area contributed by atoms with Gasteiger partial charge in [0.05, 0.1) is 0 Å². The maximum atomic E-state index is 11.7. The van der Waals surface area contributed by atoms with Crippen molar-refractivity contribution in [1.82, 2.24) is 15.8 Å². The first kappa shape index (κ1) is 13.0. The molecule has 1 amide bonds. The van der Waals surface area contributed by atoms with Crippen LogP contribution in [0, 0.1) is 0 Å². The predicted molar refractivity (Wildman–Crippen MR) is 61.7 cm³/mol. The highest BCUT2D eigenvalue weighted by Gasteiger charge is 2.23. The molecule has 0 saturated carbocycles. The van der Waals surface area contributed by atoms with Gasteiger partial charge in [-0.3, -0.25) is 4.79 Å². The quantitative estimate of drug-likeness (QED) is 0.815. The Labute approximate surface area is 100 Å². The van der Waals surface area contributed by atoms with Crippen molar-refractivity contribution in [1.29, 1.82) is 0 Å². The van der Waals surface area contributed by atoms with E-state index in [4.69, 9.17) is 0 Å². The zero-order chi connectivity index (χ0) is 10.7. The van der Waals surface area contributed by atoms with Gasteiger partial charge in [-0.05, 0) is 26.3 Å². The average Bonchev–Trinajstić information content (AvgIpc) is 2.74. The Morgan fingerprint density at radius 3 is 3.12 bits per heavy atom. The van der Waals surface area contributed by atoms with E-state index in [1.807, 2.05) is 0 Å². The Bertz CT molecular complexity index is 329. The Morgan fingerprint density at radius 2 is 2.50 bits per heavy atom. The Balaban J connectivity index is 0.00000128. The lowest BCUT2D eigenvalue weighted by Gasteiger charge is -2.30. The van der Waals surface area contributed by atoms with Gasteiger partial charge in [-0.1, -0.05) is 5.16 Å². The molecule has 0 aliphatic carbocycles. The van der Waals surface area contributed by atoms with Gasteiger partial charge in [-0.15, -0.1) is 12.4 Å². The van der Waals surface area contributed by atoms with E-state index in [2.05, 4.69) is 27.2 Å². The van der Waals surface area contributed by atoms with Crippen LogP contribution in [0.2, 0.25) is 0 Å². The highest BCUT2D eigenvalue weighted by atomic mass is 35.5. The zero-order valence-electron chi connectivity index (χ0n) is 9.10. The van der Waals surface area contributed by atoms with Crippen LogP contribution in [-0.4, -0.2) is 29.7 Å². The number of carbonyl (C=O) groups is 1. The molecule has 2 unspecified atom stereocenters. The van der Waals surface area contributed by atoms with Gasteiger partial charge in [0.2, 0.25) is 0 Å². The van der Waals surface area contributed by atoms with Crippen LogP contribution in [0.1, 0.15) is 30.3 Å². The topological polar surface area (TPSA) is 67.2 Å². The van der Waals surface area contributed by atoms with E-state index in [1.54, 1.807) is 6.07 Å². The molecule has 0 radical (unpaired) electrons. The number of piperidine rings is 1. The van der Waals surface area contributed by atoms with Gasteiger partial charge in [0, 0.05) is 18.2 Å². The third-order valence-corrected chi connectivity index (χ3v) is 2.75. The van der Waals surface area contributed by atoms with Crippen LogP contribution in [0.25, 0.3) is 0 Å². The van der Waals surface area contributed by atoms with Gasteiger partial charge in [0.1, 0.15) is 6.26 Å². The maximum Gasteiger partial charge on any atom is 0.273 e. The van der Waals surface area contributed by atoms with Gasteiger partial charge in [-0.25, -0.2) is 0 Å². The lowest BCUT2D eigenvalue weighted by Crippen LogP contribution is -2.51. The second kappa shape index (κ2) is 5.86. The second-order valence-corrected chi connectivity index (χ2v) is 3.85. The highest BCUT2D eigenvalue weighted by Crippen LogP contribution is 2.08. The molecule has 1 aromatic rings. The van der Waals surface area contributed by atoms with Crippen molar-refractivity contribution in [2.24, 2.45) is 0 Å². The molecule has 2 heterocycles. The molecule has 1 aliphatic heterocycles. The number of rotatable bonds is 2. The zero-order valence-corrected chi connectivity index (χ0v) is 9.92. The monoisotopic (exact) mass is 245 g/mol. The van der Waals surface area contributed by atoms with E-state index < -0.39 is 0 Å². The minimum absolute atomic E-state index is 0.